The molecule has 0 bridgehead atoms. The van der Waals surface area contributed by atoms with Crippen molar-refractivity contribution in [3.05, 3.63) is 12.2 Å². The first-order valence-corrected chi connectivity index (χ1v) is 5.32. The maximum absolute atomic E-state index is 11.1. The highest BCUT2D eigenvalue weighted by molar-refractivity contribution is 6.17. The molecule has 3 nitrogen and oxygen atoms in total. The molecule has 0 aliphatic rings. The van der Waals surface area contributed by atoms with Gasteiger partial charge < -0.3 is 9.64 Å². The molecular weight excluding hydrogens is 202 g/mol. The molecule has 0 aliphatic heterocycles. The highest BCUT2D eigenvalue weighted by Gasteiger charge is 2.09. The number of nitrogens with zero attached hydrogens (tertiary/aromatic N) is 1. The quantitative estimate of drug-likeness (QED) is 0.373. The Balaban J connectivity index is 3.77. The van der Waals surface area contributed by atoms with Crippen LogP contribution < -0.4 is 0 Å². The largest absolute Gasteiger partial charge is 0.446 e. The Labute approximate surface area is 90.7 Å². The Morgan fingerprint density at radius 3 is 2.43 bits per heavy atom. The molecule has 0 atom stereocenters. The van der Waals surface area contributed by atoms with E-state index in [1.54, 1.807) is 0 Å². The lowest BCUT2D eigenvalue weighted by atomic mass is 10.2. The average molecular weight is 220 g/mol. The van der Waals surface area contributed by atoms with E-state index < -0.39 is 5.97 Å². The van der Waals surface area contributed by atoms with Crippen molar-refractivity contribution in [2.24, 2.45) is 0 Å². The molecule has 0 rings (SSSR count). The van der Waals surface area contributed by atoms with Crippen LogP contribution in [0.2, 0.25) is 0 Å². The molecule has 0 aromatic heterocycles. The third kappa shape index (κ3) is 5.25. The third-order valence-electron chi connectivity index (χ3n) is 2.10. The topological polar surface area (TPSA) is 29.5 Å². The highest BCUT2D eigenvalue weighted by atomic mass is 35.5. The number of carbonyl (C=O) groups excluding carboxylic acids is 1. The van der Waals surface area contributed by atoms with Crippen LogP contribution in [0.3, 0.4) is 0 Å². The van der Waals surface area contributed by atoms with Gasteiger partial charge in [0, 0.05) is 12.1 Å². The molecule has 0 aromatic carbocycles. The number of carbonyl (C=O) groups is 1. The van der Waals surface area contributed by atoms with E-state index in [4.69, 9.17) is 11.6 Å². The summed E-state index contributed by atoms with van der Waals surface area (Å²) in [5.41, 5.74) is 0.484. The first-order chi connectivity index (χ1) is 6.65. The second-order valence-corrected chi connectivity index (χ2v) is 3.14. The van der Waals surface area contributed by atoms with E-state index in [0.717, 1.165) is 19.6 Å². The van der Waals surface area contributed by atoms with Crippen molar-refractivity contribution in [3.8, 4) is 0 Å². The van der Waals surface area contributed by atoms with Gasteiger partial charge in [0.25, 0.3) is 0 Å². The first kappa shape index (κ1) is 13.5. The minimum Gasteiger partial charge on any atom is -0.446 e. The molecule has 0 radical (unpaired) electrons. The molecule has 0 saturated carbocycles. The maximum Gasteiger partial charge on any atom is 0.334 e. The number of rotatable bonds is 7. The number of hydrogen-bond donors (Lipinski definition) is 0. The van der Waals surface area contributed by atoms with Gasteiger partial charge in [-0.05, 0) is 19.5 Å². The fourth-order valence-corrected chi connectivity index (χ4v) is 1.19. The van der Waals surface area contributed by atoms with Crippen molar-refractivity contribution < 1.29 is 9.53 Å². The van der Waals surface area contributed by atoms with Gasteiger partial charge in [-0.25, -0.2) is 4.79 Å². The van der Waals surface area contributed by atoms with E-state index in [9.17, 15) is 4.79 Å². The van der Waals surface area contributed by atoms with Crippen LogP contribution in [0.25, 0.3) is 0 Å². The van der Waals surface area contributed by atoms with Crippen molar-refractivity contribution >= 4 is 17.6 Å². The molecule has 14 heavy (non-hydrogen) atoms. The van der Waals surface area contributed by atoms with Gasteiger partial charge in [-0.1, -0.05) is 32.0 Å². The summed E-state index contributed by atoms with van der Waals surface area (Å²) in [5, 5.41) is 0. The summed E-state index contributed by atoms with van der Waals surface area (Å²) in [7, 11) is 0. The number of hydrogen-bond acceptors (Lipinski definition) is 3. The molecular formula is C10H18ClNO2. The van der Waals surface area contributed by atoms with Crippen LogP contribution in [-0.4, -0.2) is 36.6 Å². The molecule has 0 heterocycles. The summed E-state index contributed by atoms with van der Waals surface area (Å²) in [5.74, 6) is -0.396. The van der Waals surface area contributed by atoms with E-state index in [1.165, 1.54) is 0 Å². The zero-order valence-corrected chi connectivity index (χ0v) is 9.64. The first-order valence-electron chi connectivity index (χ1n) is 4.78. The van der Waals surface area contributed by atoms with E-state index in [0.29, 0.717) is 12.0 Å². The number of halogens is 1. The molecule has 0 unspecified atom stereocenters. The van der Waals surface area contributed by atoms with Crippen LogP contribution >= 0.6 is 11.6 Å². The molecule has 0 fully saturated rings. The van der Waals surface area contributed by atoms with E-state index in [-0.39, 0.29) is 6.07 Å². The Hall–Kier alpha value is -0.540. The summed E-state index contributed by atoms with van der Waals surface area (Å²) in [6.45, 7) is 10.6. The molecule has 0 N–H and O–H groups in total. The molecule has 0 amide bonds. The fraction of sp³-hybridized carbons (Fsp3) is 0.700. The standard InChI is InChI=1S/C10H18ClNO2/c1-4-12(5-2)7-6-9(3)10(13)14-8-11/h3-8H2,1-2H3. The zero-order valence-electron chi connectivity index (χ0n) is 8.88. The van der Waals surface area contributed by atoms with Crippen LogP contribution in [-0.2, 0) is 9.53 Å². The van der Waals surface area contributed by atoms with Gasteiger partial charge in [0.2, 0.25) is 0 Å². The van der Waals surface area contributed by atoms with E-state index in [1.807, 2.05) is 0 Å². The van der Waals surface area contributed by atoms with Gasteiger partial charge >= 0.3 is 5.97 Å². The Morgan fingerprint density at radius 1 is 1.43 bits per heavy atom. The fourth-order valence-electron chi connectivity index (χ4n) is 1.09. The Bertz CT molecular complexity index is 191. The van der Waals surface area contributed by atoms with Crippen LogP contribution in [0.1, 0.15) is 20.3 Å². The molecule has 0 spiro atoms. The van der Waals surface area contributed by atoms with Crippen molar-refractivity contribution in [1.82, 2.24) is 4.90 Å². The van der Waals surface area contributed by atoms with Crippen LogP contribution in [0.15, 0.2) is 12.2 Å². The lowest BCUT2D eigenvalue weighted by Gasteiger charge is -2.17. The summed E-state index contributed by atoms with van der Waals surface area (Å²) in [6, 6.07) is -0.108. The van der Waals surface area contributed by atoms with Crippen molar-refractivity contribution in [1.29, 1.82) is 0 Å². The normalized spacial score (nSPS) is 10.3. The molecule has 0 aromatic rings. The predicted molar refractivity (Wildman–Crippen MR) is 58.4 cm³/mol. The molecule has 0 aliphatic carbocycles. The average Bonchev–Trinajstić information content (AvgIpc) is 2.19. The van der Waals surface area contributed by atoms with Crippen LogP contribution in [0.5, 0.6) is 0 Å². The number of ether oxygens (including phenoxy) is 1. The number of esters is 1. The minimum atomic E-state index is -0.396. The Morgan fingerprint density at radius 2 is 2.00 bits per heavy atom. The van der Waals surface area contributed by atoms with Crippen molar-refractivity contribution in [3.63, 3.8) is 0 Å². The summed E-state index contributed by atoms with van der Waals surface area (Å²) in [4.78, 5) is 13.3. The Kier molecular flexibility index (Phi) is 7.52. The number of alkyl halides is 1. The maximum atomic E-state index is 11.1. The predicted octanol–water partition coefficient (Wildman–Crippen LogP) is 2.01. The molecule has 4 heteroatoms. The van der Waals surface area contributed by atoms with E-state index >= 15 is 0 Å². The van der Waals surface area contributed by atoms with Gasteiger partial charge in [0.05, 0.1) is 0 Å². The highest BCUT2D eigenvalue weighted by Crippen LogP contribution is 2.03. The molecule has 0 saturated heterocycles. The molecule has 82 valence electrons. The zero-order chi connectivity index (χ0) is 11.0. The lowest BCUT2D eigenvalue weighted by Crippen LogP contribution is -2.25. The van der Waals surface area contributed by atoms with Crippen molar-refractivity contribution in [2.75, 3.05) is 25.7 Å². The van der Waals surface area contributed by atoms with Gasteiger partial charge in [0.1, 0.15) is 0 Å². The van der Waals surface area contributed by atoms with E-state index in [2.05, 4.69) is 30.1 Å². The SMILES string of the molecule is C=C(CCN(CC)CC)C(=O)OCCl. The third-order valence-corrected chi connectivity index (χ3v) is 2.21. The summed E-state index contributed by atoms with van der Waals surface area (Å²) in [6.07, 6.45) is 0.636. The van der Waals surface area contributed by atoms with Gasteiger partial charge in [-0.15, -0.1) is 0 Å². The smallest absolute Gasteiger partial charge is 0.334 e. The van der Waals surface area contributed by atoms with Crippen molar-refractivity contribution in [2.45, 2.75) is 20.3 Å². The van der Waals surface area contributed by atoms with Gasteiger partial charge in [0.15, 0.2) is 6.07 Å². The monoisotopic (exact) mass is 219 g/mol. The summed E-state index contributed by atoms with van der Waals surface area (Å²) < 4.78 is 4.61. The van der Waals surface area contributed by atoms with Gasteiger partial charge in [-0.3, -0.25) is 0 Å². The summed E-state index contributed by atoms with van der Waals surface area (Å²) >= 11 is 5.26. The second kappa shape index (κ2) is 7.83. The van der Waals surface area contributed by atoms with Crippen LogP contribution in [0.4, 0.5) is 0 Å². The van der Waals surface area contributed by atoms with Gasteiger partial charge in [-0.2, -0.15) is 0 Å². The van der Waals surface area contributed by atoms with Crippen LogP contribution in [0, 0.1) is 0 Å². The lowest BCUT2D eigenvalue weighted by molar-refractivity contribution is -0.137. The second-order valence-electron chi connectivity index (χ2n) is 2.92. The minimum absolute atomic E-state index is 0.108.